The molecule has 29 heavy (non-hydrogen) atoms. The van der Waals surface area contributed by atoms with E-state index in [1.165, 1.54) is 5.57 Å². The molecule has 0 fully saturated rings. The molecule has 0 saturated carbocycles. The lowest BCUT2D eigenvalue weighted by molar-refractivity contribution is -0.0353. The monoisotopic (exact) mass is 404 g/mol. The summed E-state index contributed by atoms with van der Waals surface area (Å²) >= 11 is 0. The van der Waals surface area contributed by atoms with E-state index in [0.29, 0.717) is 18.0 Å². The quantitative estimate of drug-likeness (QED) is 0.447. The lowest BCUT2D eigenvalue weighted by atomic mass is 9.87. The Bertz CT molecular complexity index is 643. The second kappa shape index (κ2) is 11.8. The van der Waals surface area contributed by atoms with E-state index < -0.39 is 6.10 Å². The van der Waals surface area contributed by atoms with Crippen molar-refractivity contribution in [1.29, 1.82) is 0 Å². The minimum Gasteiger partial charge on any atom is -0.387 e. The lowest BCUT2D eigenvalue weighted by Gasteiger charge is -2.28. The molecular formula is C25H44N2O2. The van der Waals surface area contributed by atoms with Crippen molar-refractivity contribution in [3.63, 3.8) is 0 Å². The van der Waals surface area contributed by atoms with Crippen LogP contribution in [0.3, 0.4) is 0 Å². The molecule has 0 aromatic carbocycles. The van der Waals surface area contributed by atoms with E-state index in [1.807, 2.05) is 6.92 Å². The summed E-state index contributed by atoms with van der Waals surface area (Å²) in [6.07, 6.45) is 8.57. The first kappa shape index (κ1) is 25.8. The molecule has 166 valence electrons. The zero-order chi connectivity index (χ0) is 22.2. The number of hydrogen-bond donors (Lipinski definition) is 1. The van der Waals surface area contributed by atoms with E-state index in [1.54, 1.807) is 6.20 Å². The van der Waals surface area contributed by atoms with Crippen LogP contribution in [0.1, 0.15) is 111 Å². The molecule has 1 aromatic rings. The maximum absolute atomic E-state index is 10.6. The smallest absolute Gasteiger partial charge is 0.0975 e. The van der Waals surface area contributed by atoms with Gasteiger partial charge in [0.15, 0.2) is 0 Å². The predicted octanol–water partition coefficient (Wildman–Crippen LogP) is 6.67. The van der Waals surface area contributed by atoms with Crippen LogP contribution >= 0.6 is 0 Å². The molecule has 0 radical (unpaired) electrons. The Kier molecular flexibility index (Phi) is 10.5. The normalized spacial score (nSPS) is 15.2. The highest BCUT2D eigenvalue weighted by Crippen LogP contribution is 2.28. The molecule has 0 saturated heterocycles. The van der Waals surface area contributed by atoms with Gasteiger partial charge < -0.3 is 9.84 Å². The number of ether oxygens (including phenoxy) is 1. The van der Waals surface area contributed by atoms with Gasteiger partial charge in [-0.15, -0.1) is 0 Å². The molecule has 1 N–H and O–H groups in total. The number of aliphatic hydroxyl groups excluding tert-OH is 1. The third kappa shape index (κ3) is 8.55. The summed E-state index contributed by atoms with van der Waals surface area (Å²) in [4.78, 5) is 9.20. The molecule has 2 unspecified atom stereocenters. The van der Waals surface area contributed by atoms with E-state index in [4.69, 9.17) is 4.74 Å². The largest absolute Gasteiger partial charge is 0.387 e. The van der Waals surface area contributed by atoms with Crippen molar-refractivity contribution in [2.24, 2.45) is 11.3 Å². The Hall–Kier alpha value is -1.26. The Morgan fingerprint density at radius 3 is 2.28 bits per heavy atom. The van der Waals surface area contributed by atoms with Crippen molar-refractivity contribution in [1.82, 2.24) is 9.97 Å². The van der Waals surface area contributed by atoms with Gasteiger partial charge in [-0.05, 0) is 64.4 Å². The van der Waals surface area contributed by atoms with Crippen LogP contribution in [0.15, 0.2) is 11.8 Å². The fourth-order valence-corrected chi connectivity index (χ4v) is 3.47. The molecule has 0 aliphatic rings. The van der Waals surface area contributed by atoms with Crippen LogP contribution < -0.4 is 0 Å². The first-order valence-corrected chi connectivity index (χ1v) is 11.3. The number of rotatable bonds is 11. The fourth-order valence-electron chi connectivity index (χ4n) is 3.47. The van der Waals surface area contributed by atoms with Crippen molar-refractivity contribution < 1.29 is 9.84 Å². The summed E-state index contributed by atoms with van der Waals surface area (Å²) < 4.78 is 6.16. The molecule has 0 aliphatic carbocycles. The van der Waals surface area contributed by atoms with Gasteiger partial charge in [0.2, 0.25) is 0 Å². The highest BCUT2D eigenvalue weighted by Gasteiger charge is 2.21. The van der Waals surface area contributed by atoms with Crippen molar-refractivity contribution in [2.75, 3.05) is 0 Å². The summed E-state index contributed by atoms with van der Waals surface area (Å²) in [5.74, 6) is 0.578. The SMILES string of the molecule is CCC(CC)C(CCCC(O)c1cnc(/C=C(\C)C(C)(C)C)c(C)n1)OC(C)C. The minimum atomic E-state index is -0.579. The van der Waals surface area contributed by atoms with Crippen LogP contribution in [0.5, 0.6) is 0 Å². The molecule has 0 spiro atoms. The molecule has 1 rings (SSSR count). The number of aliphatic hydroxyl groups is 1. The highest BCUT2D eigenvalue weighted by atomic mass is 16.5. The summed E-state index contributed by atoms with van der Waals surface area (Å²) in [5.41, 5.74) is 3.78. The fraction of sp³-hybridized carbons (Fsp3) is 0.760. The number of hydrogen-bond acceptors (Lipinski definition) is 4. The summed E-state index contributed by atoms with van der Waals surface area (Å²) in [6.45, 7) is 19.3. The maximum atomic E-state index is 10.6. The van der Waals surface area contributed by atoms with Crippen LogP contribution in [0.25, 0.3) is 6.08 Å². The average Bonchev–Trinajstić information content (AvgIpc) is 2.62. The molecular weight excluding hydrogens is 360 g/mol. The molecule has 0 bridgehead atoms. The number of allylic oxidation sites excluding steroid dienone is 1. The van der Waals surface area contributed by atoms with Crippen LogP contribution in [0.4, 0.5) is 0 Å². The number of nitrogens with zero attached hydrogens (tertiary/aromatic N) is 2. The van der Waals surface area contributed by atoms with Crippen LogP contribution in [-0.2, 0) is 4.74 Å². The molecule has 1 aromatic heterocycles. The summed E-state index contributed by atoms with van der Waals surface area (Å²) in [6, 6.07) is 0. The molecule has 0 amide bonds. The highest BCUT2D eigenvalue weighted by molar-refractivity contribution is 5.51. The van der Waals surface area contributed by atoms with Gasteiger partial charge in [0.1, 0.15) is 0 Å². The van der Waals surface area contributed by atoms with Gasteiger partial charge in [0.25, 0.3) is 0 Å². The zero-order valence-electron chi connectivity index (χ0n) is 20.2. The van der Waals surface area contributed by atoms with E-state index in [2.05, 4.69) is 71.4 Å². The van der Waals surface area contributed by atoms with E-state index in [9.17, 15) is 5.11 Å². The maximum Gasteiger partial charge on any atom is 0.0975 e. The van der Waals surface area contributed by atoms with Crippen LogP contribution in [-0.4, -0.2) is 27.3 Å². The third-order valence-electron chi connectivity index (χ3n) is 5.87. The van der Waals surface area contributed by atoms with Gasteiger partial charge >= 0.3 is 0 Å². The van der Waals surface area contributed by atoms with Gasteiger partial charge in [0.05, 0.1) is 41.6 Å². The van der Waals surface area contributed by atoms with E-state index >= 15 is 0 Å². The van der Waals surface area contributed by atoms with Gasteiger partial charge in [-0.3, -0.25) is 9.97 Å². The number of aryl methyl sites for hydroxylation is 1. The van der Waals surface area contributed by atoms with Gasteiger partial charge in [0, 0.05) is 0 Å². The average molecular weight is 405 g/mol. The van der Waals surface area contributed by atoms with Crippen LogP contribution in [0.2, 0.25) is 0 Å². The topological polar surface area (TPSA) is 55.2 Å². The molecule has 2 atom stereocenters. The van der Waals surface area contributed by atoms with Crippen molar-refractivity contribution in [3.8, 4) is 0 Å². The Balaban J connectivity index is 2.75. The van der Waals surface area contributed by atoms with Gasteiger partial charge in [-0.1, -0.05) is 53.0 Å². The van der Waals surface area contributed by atoms with Crippen molar-refractivity contribution in [3.05, 3.63) is 28.9 Å². The standard InChI is InChI=1S/C25H44N2O2/c1-10-20(11-2)24(29-17(3)4)14-12-13-23(28)22-16-26-21(19(6)27-22)15-18(5)25(7,8)9/h15-17,20,23-24,28H,10-14H2,1-9H3/b18-15+. The first-order valence-electron chi connectivity index (χ1n) is 11.3. The van der Waals surface area contributed by atoms with Gasteiger partial charge in [-0.2, -0.15) is 0 Å². The minimum absolute atomic E-state index is 0.107. The number of aromatic nitrogens is 2. The lowest BCUT2D eigenvalue weighted by Crippen LogP contribution is -2.26. The van der Waals surface area contributed by atoms with Crippen molar-refractivity contribution in [2.45, 2.75) is 113 Å². The van der Waals surface area contributed by atoms with E-state index in [0.717, 1.165) is 37.1 Å². The van der Waals surface area contributed by atoms with Crippen LogP contribution in [0, 0.1) is 18.3 Å². The zero-order valence-corrected chi connectivity index (χ0v) is 20.2. The first-order chi connectivity index (χ1) is 13.5. The second-order valence-electron chi connectivity index (χ2n) is 9.59. The third-order valence-corrected chi connectivity index (χ3v) is 5.87. The van der Waals surface area contributed by atoms with E-state index in [-0.39, 0.29) is 17.6 Å². The Morgan fingerprint density at radius 2 is 1.79 bits per heavy atom. The molecule has 4 heteroatoms. The molecule has 1 heterocycles. The Morgan fingerprint density at radius 1 is 1.17 bits per heavy atom. The summed E-state index contributed by atoms with van der Waals surface area (Å²) in [7, 11) is 0. The molecule has 4 nitrogen and oxygen atoms in total. The Labute approximate surface area is 179 Å². The summed E-state index contributed by atoms with van der Waals surface area (Å²) in [5, 5.41) is 10.6. The molecule has 0 aliphatic heterocycles. The predicted molar refractivity (Wildman–Crippen MR) is 123 cm³/mol. The second-order valence-corrected chi connectivity index (χ2v) is 9.59. The van der Waals surface area contributed by atoms with Gasteiger partial charge in [-0.25, -0.2) is 0 Å². The van der Waals surface area contributed by atoms with Crippen molar-refractivity contribution >= 4 is 6.08 Å².